The molecule has 1 N–H and O–H groups in total. The molecule has 0 radical (unpaired) electrons. The van der Waals surface area contributed by atoms with Gasteiger partial charge in [-0.25, -0.2) is 8.42 Å². The van der Waals surface area contributed by atoms with E-state index in [1.54, 1.807) is 10.9 Å². The van der Waals surface area contributed by atoms with E-state index in [0.717, 1.165) is 13.0 Å². The lowest BCUT2D eigenvalue weighted by molar-refractivity contribution is 0.427. The van der Waals surface area contributed by atoms with Crippen molar-refractivity contribution in [2.75, 3.05) is 19.6 Å². The van der Waals surface area contributed by atoms with Gasteiger partial charge in [0.1, 0.15) is 4.90 Å². The number of aromatic nitrogens is 2. The van der Waals surface area contributed by atoms with Gasteiger partial charge < -0.3 is 5.32 Å². The third kappa shape index (κ3) is 3.80. The van der Waals surface area contributed by atoms with Gasteiger partial charge in [-0.3, -0.25) is 4.68 Å². The summed E-state index contributed by atoms with van der Waals surface area (Å²) in [6, 6.07) is 0.661. The molecule has 6 nitrogen and oxygen atoms in total. The van der Waals surface area contributed by atoms with Crippen molar-refractivity contribution >= 4 is 10.0 Å². The summed E-state index contributed by atoms with van der Waals surface area (Å²) in [6.45, 7) is 6.41. The molecule has 0 unspecified atom stereocenters. The molecule has 1 fully saturated rings. The van der Waals surface area contributed by atoms with E-state index in [2.05, 4.69) is 10.4 Å². The Kier molecular flexibility index (Phi) is 5.17. The fourth-order valence-corrected chi connectivity index (χ4v) is 3.61. The van der Waals surface area contributed by atoms with Gasteiger partial charge in [-0.1, -0.05) is 13.8 Å². The van der Waals surface area contributed by atoms with Crippen LogP contribution in [0.4, 0.5) is 0 Å². The molecule has 1 aromatic rings. The lowest BCUT2D eigenvalue weighted by Gasteiger charge is -2.18. The van der Waals surface area contributed by atoms with Crippen LogP contribution in [0.1, 0.15) is 33.1 Å². The van der Waals surface area contributed by atoms with Crippen molar-refractivity contribution in [3.63, 3.8) is 0 Å². The third-order valence-electron chi connectivity index (χ3n) is 3.42. The Morgan fingerprint density at radius 3 is 2.80 bits per heavy atom. The van der Waals surface area contributed by atoms with Crippen molar-refractivity contribution in [1.82, 2.24) is 19.4 Å². The molecule has 7 heteroatoms. The molecule has 0 amide bonds. The minimum Gasteiger partial charge on any atom is -0.312 e. The largest absolute Gasteiger partial charge is 0.312 e. The van der Waals surface area contributed by atoms with Gasteiger partial charge in [0.05, 0.1) is 12.7 Å². The lowest BCUT2D eigenvalue weighted by atomic mass is 10.5. The van der Waals surface area contributed by atoms with E-state index in [0.29, 0.717) is 30.6 Å². The molecule has 0 bridgehead atoms. The molecule has 0 atom stereocenters. The zero-order chi connectivity index (χ0) is 14.6. The number of hydrogen-bond donors (Lipinski definition) is 1. The van der Waals surface area contributed by atoms with Gasteiger partial charge in [0.25, 0.3) is 0 Å². The number of nitrogens with zero attached hydrogens (tertiary/aromatic N) is 3. The van der Waals surface area contributed by atoms with E-state index in [1.807, 2.05) is 13.8 Å². The van der Waals surface area contributed by atoms with Gasteiger partial charge in [-0.15, -0.1) is 0 Å². The van der Waals surface area contributed by atoms with Gasteiger partial charge >= 0.3 is 0 Å². The van der Waals surface area contributed by atoms with Crippen LogP contribution in [0, 0.1) is 0 Å². The molecule has 0 aromatic carbocycles. The van der Waals surface area contributed by atoms with Crippen molar-refractivity contribution in [1.29, 1.82) is 0 Å². The number of sulfonamides is 1. The first-order chi connectivity index (χ1) is 9.57. The minimum atomic E-state index is -3.39. The highest BCUT2D eigenvalue weighted by Gasteiger charge is 2.24. The molecular weight excluding hydrogens is 276 g/mol. The van der Waals surface area contributed by atoms with Crippen LogP contribution in [0.25, 0.3) is 0 Å². The Balaban J connectivity index is 1.98. The van der Waals surface area contributed by atoms with Crippen molar-refractivity contribution in [3.05, 3.63) is 12.4 Å². The summed E-state index contributed by atoms with van der Waals surface area (Å²) >= 11 is 0. The maximum absolute atomic E-state index is 12.4. The van der Waals surface area contributed by atoms with Gasteiger partial charge in [0.15, 0.2) is 0 Å². The summed E-state index contributed by atoms with van der Waals surface area (Å²) < 4.78 is 28.0. The minimum absolute atomic E-state index is 0.291. The molecule has 0 saturated heterocycles. The van der Waals surface area contributed by atoms with Crippen molar-refractivity contribution in [3.8, 4) is 0 Å². The molecular formula is C13H24N4O2S. The Bertz CT molecular complexity index is 522. The van der Waals surface area contributed by atoms with Gasteiger partial charge in [0.2, 0.25) is 10.0 Å². The third-order valence-corrected chi connectivity index (χ3v) is 5.35. The first-order valence-corrected chi connectivity index (χ1v) is 8.78. The first-order valence-electron chi connectivity index (χ1n) is 7.34. The Morgan fingerprint density at radius 2 is 2.20 bits per heavy atom. The molecule has 20 heavy (non-hydrogen) atoms. The van der Waals surface area contributed by atoms with Crippen LogP contribution in [0.15, 0.2) is 17.3 Å². The standard InChI is InChI=1S/C13H24N4O2S/c1-3-8-17(4-2)20(18,19)13-10-15-16(11-13)9-7-14-12-5-6-12/h10-12,14H,3-9H2,1-2H3. The smallest absolute Gasteiger partial charge is 0.246 e. The van der Waals surface area contributed by atoms with Crippen LogP contribution in [0.2, 0.25) is 0 Å². The van der Waals surface area contributed by atoms with E-state index in [1.165, 1.54) is 23.3 Å². The summed E-state index contributed by atoms with van der Waals surface area (Å²) in [5.41, 5.74) is 0. The normalized spacial score (nSPS) is 15.9. The SMILES string of the molecule is CCCN(CC)S(=O)(=O)c1cnn(CCNC2CC2)c1. The topological polar surface area (TPSA) is 67.2 Å². The molecule has 114 valence electrons. The van der Waals surface area contributed by atoms with Crippen molar-refractivity contribution in [2.24, 2.45) is 0 Å². The van der Waals surface area contributed by atoms with E-state index in [4.69, 9.17) is 0 Å². The number of rotatable bonds is 9. The fourth-order valence-electron chi connectivity index (χ4n) is 2.12. The summed E-state index contributed by atoms with van der Waals surface area (Å²) in [6.07, 6.45) is 6.39. The predicted octanol–water partition coefficient (Wildman–Crippen LogP) is 1.06. The van der Waals surface area contributed by atoms with E-state index < -0.39 is 10.0 Å². The van der Waals surface area contributed by atoms with Crippen LogP contribution < -0.4 is 5.32 Å². The average molecular weight is 300 g/mol. The molecule has 1 aromatic heterocycles. The second kappa shape index (κ2) is 6.69. The van der Waals surface area contributed by atoms with Crippen LogP contribution in [-0.4, -0.2) is 48.2 Å². The second-order valence-electron chi connectivity index (χ2n) is 5.16. The van der Waals surface area contributed by atoms with Crippen LogP contribution in [0.5, 0.6) is 0 Å². The van der Waals surface area contributed by atoms with Crippen LogP contribution >= 0.6 is 0 Å². The van der Waals surface area contributed by atoms with Gasteiger partial charge in [-0.2, -0.15) is 9.40 Å². The van der Waals surface area contributed by atoms with Crippen molar-refractivity contribution < 1.29 is 8.42 Å². The highest BCUT2D eigenvalue weighted by atomic mass is 32.2. The van der Waals surface area contributed by atoms with E-state index >= 15 is 0 Å². The maximum atomic E-state index is 12.4. The Morgan fingerprint density at radius 1 is 1.45 bits per heavy atom. The second-order valence-corrected chi connectivity index (χ2v) is 7.10. The molecule has 2 rings (SSSR count). The van der Waals surface area contributed by atoms with Crippen LogP contribution in [0.3, 0.4) is 0 Å². The first kappa shape index (κ1) is 15.5. The summed E-state index contributed by atoms with van der Waals surface area (Å²) in [5, 5.41) is 7.53. The number of hydrogen-bond acceptors (Lipinski definition) is 4. The molecule has 1 heterocycles. The lowest BCUT2D eigenvalue weighted by Crippen LogP contribution is -2.31. The van der Waals surface area contributed by atoms with Gasteiger partial charge in [0, 0.05) is 31.9 Å². The summed E-state index contributed by atoms with van der Waals surface area (Å²) in [4.78, 5) is 0.291. The molecule has 1 aliphatic rings. The Hall–Kier alpha value is -0.920. The zero-order valence-corrected chi connectivity index (χ0v) is 13.1. The van der Waals surface area contributed by atoms with Crippen molar-refractivity contribution in [2.45, 2.75) is 50.6 Å². The quantitative estimate of drug-likeness (QED) is 0.740. The predicted molar refractivity (Wildman–Crippen MR) is 78.0 cm³/mol. The Labute approximate surface area is 121 Å². The molecule has 1 saturated carbocycles. The zero-order valence-electron chi connectivity index (χ0n) is 12.2. The fraction of sp³-hybridized carbons (Fsp3) is 0.769. The van der Waals surface area contributed by atoms with Crippen LogP contribution in [-0.2, 0) is 16.6 Å². The average Bonchev–Trinajstić information content (AvgIpc) is 3.11. The van der Waals surface area contributed by atoms with Gasteiger partial charge in [-0.05, 0) is 19.3 Å². The highest BCUT2D eigenvalue weighted by molar-refractivity contribution is 7.89. The molecule has 0 aliphatic heterocycles. The molecule has 1 aliphatic carbocycles. The van der Waals surface area contributed by atoms with E-state index in [-0.39, 0.29) is 0 Å². The highest BCUT2D eigenvalue weighted by Crippen LogP contribution is 2.18. The maximum Gasteiger partial charge on any atom is 0.246 e. The summed E-state index contributed by atoms with van der Waals surface area (Å²) in [7, 11) is -3.39. The summed E-state index contributed by atoms with van der Waals surface area (Å²) in [5.74, 6) is 0. The monoisotopic (exact) mass is 300 g/mol. The number of nitrogens with one attached hydrogen (secondary N) is 1. The molecule has 0 spiro atoms. The van der Waals surface area contributed by atoms with E-state index in [9.17, 15) is 8.42 Å².